The lowest BCUT2D eigenvalue weighted by Gasteiger charge is -2.50. The first-order valence-electron chi connectivity index (χ1n) is 7.64. The Hall–Kier alpha value is -0.290. The summed E-state index contributed by atoms with van der Waals surface area (Å²) in [5.74, 6) is 0. The highest BCUT2D eigenvalue weighted by Crippen LogP contribution is 2.39. The van der Waals surface area contributed by atoms with Crippen LogP contribution in [0.2, 0.25) is 0 Å². The number of alkyl halides is 3. The van der Waals surface area contributed by atoms with Crippen LogP contribution in [-0.2, 0) is 0 Å². The van der Waals surface area contributed by atoms with Gasteiger partial charge in [-0.2, -0.15) is 13.2 Å². The van der Waals surface area contributed by atoms with Gasteiger partial charge < -0.3 is 5.32 Å². The van der Waals surface area contributed by atoms with E-state index < -0.39 is 12.7 Å². The van der Waals surface area contributed by atoms with Crippen molar-refractivity contribution in [3.8, 4) is 0 Å². The molecule has 1 rings (SSSR count). The molecule has 5 heteroatoms. The van der Waals surface area contributed by atoms with Crippen molar-refractivity contribution in [3.05, 3.63) is 0 Å². The molecule has 2 nitrogen and oxygen atoms in total. The maximum atomic E-state index is 12.9. The molecule has 0 aromatic rings. The Bertz CT molecular complexity index is 300. The fourth-order valence-corrected chi connectivity index (χ4v) is 3.49. The molecule has 0 aliphatic heterocycles. The molecule has 0 aromatic heterocycles. The zero-order valence-corrected chi connectivity index (χ0v) is 13.3. The van der Waals surface area contributed by atoms with Gasteiger partial charge in [0.05, 0.1) is 6.54 Å². The third kappa shape index (κ3) is 4.62. The van der Waals surface area contributed by atoms with Crippen LogP contribution < -0.4 is 5.32 Å². The molecule has 0 bridgehead atoms. The number of nitrogens with one attached hydrogen (secondary N) is 1. The van der Waals surface area contributed by atoms with E-state index in [0.29, 0.717) is 0 Å². The molecule has 1 N–H and O–H groups in total. The van der Waals surface area contributed by atoms with Gasteiger partial charge in [0.1, 0.15) is 0 Å². The molecule has 0 radical (unpaired) electrons. The highest BCUT2D eigenvalue weighted by molar-refractivity contribution is 4.99. The molecule has 0 aromatic carbocycles. The predicted octanol–water partition coefficient (Wildman–Crippen LogP) is 3.82. The summed E-state index contributed by atoms with van der Waals surface area (Å²) in [5.41, 5.74) is 0.0394. The maximum Gasteiger partial charge on any atom is 0.401 e. The molecule has 0 saturated heterocycles. The second-order valence-electron chi connectivity index (χ2n) is 6.86. The van der Waals surface area contributed by atoms with Crippen molar-refractivity contribution < 1.29 is 13.2 Å². The topological polar surface area (TPSA) is 15.3 Å². The van der Waals surface area contributed by atoms with Crippen LogP contribution in [0.15, 0.2) is 0 Å². The fourth-order valence-electron chi connectivity index (χ4n) is 3.49. The van der Waals surface area contributed by atoms with Gasteiger partial charge >= 0.3 is 6.18 Å². The van der Waals surface area contributed by atoms with Gasteiger partial charge in [-0.25, -0.2) is 0 Å². The largest absolute Gasteiger partial charge is 0.401 e. The van der Waals surface area contributed by atoms with Crippen molar-refractivity contribution in [2.75, 3.05) is 13.1 Å². The molecule has 1 aliphatic rings. The van der Waals surface area contributed by atoms with E-state index in [1.165, 1.54) is 0 Å². The maximum absolute atomic E-state index is 12.9. The second-order valence-corrected chi connectivity index (χ2v) is 6.86. The highest BCUT2D eigenvalue weighted by atomic mass is 19.4. The lowest BCUT2D eigenvalue weighted by molar-refractivity contribution is -0.160. The zero-order valence-electron chi connectivity index (χ0n) is 13.3. The first-order valence-corrected chi connectivity index (χ1v) is 7.64. The van der Waals surface area contributed by atoms with Crippen LogP contribution in [-0.4, -0.2) is 42.3 Å². The van der Waals surface area contributed by atoms with Crippen molar-refractivity contribution in [1.29, 1.82) is 0 Å². The summed E-state index contributed by atoms with van der Waals surface area (Å²) in [5, 5.41) is 3.44. The molecular formula is C15H29F3N2. The Kier molecular flexibility index (Phi) is 5.90. The number of hydrogen-bond donors (Lipinski definition) is 1. The van der Waals surface area contributed by atoms with Crippen LogP contribution in [0, 0.1) is 5.41 Å². The molecule has 120 valence electrons. The monoisotopic (exact) mass is 294 g/mol. The van der Waals surface area contributed by atoms with Gasteiger partial charge in [-0.3, -0.25) is 4.90 Å². The molecule has 0 amide bonds. The van der Waals surface area contributed by atoms with E-state index in [4.69, 9.17) is 0 Å². The number of halogens is 3. The summed E-state index contributed by atoms with van der Waals surface area (Å²) in [6, 6.07) is -0.0250. The standard InChI is InChI=1S/C15H29F3N2/c1-6-19-13-12(8-7-9-14(13,4)5)20(11(2)3)10-15(16,17)18/h11-13,19H,6-10H2,1-5H3. The molecule has 0 spiro atoms. The molecule has 1 saturated carbocycles. The van der Waals surface area contributed by atoms with Gasteiger partial charge in [0, 0.05) is 18.1 Å². The number of nitrogens with zero attached hydrogens (tertiary/aromatic N) is 1. The predicted molar refractivity (Wildman–Crippen MR) is 76.8 cm³/mol. The average Bonchev–Trinajstić information content (AvgIpc) is 2.27. The van der Waals surface area contributed by atoms with Crippen molar-refractivity contribution in [2.45, 2.75) is 78.2 Å². The van der Waals surface area contributed by atoms with E-state index in [0.717, 1.165) is 25.8 Å². The molecule has 1 aliphatic carbocycles. The minimum atomic E-state index is -4.14. The van der Waals surface area contributed by atoms with Crippen LogP contribution in [0.5, 0.6) is 0 Å². The van der Waals surface area contributed by atoms with E-state index >= 15 is 0 Å². The van der Waals surface area contributed by atoms with Gasteiger partial charge in [-0.1, -0.05) is 27.2 Å². The SMILES string of the molecule is CCNC1C(N(CC(F)(F)F)C(C)C)CCCC1(C)C. The van der Waals surface area contributed by atoms with Crippen LogP contribution in [0.25, 0.3) is 0 Å². The smallest absolute Gasteiger partial charge is 0.312 e. The molecule has 2 unspecified atom stereocenters. The van der Waals surface area contributed by atoms with Crippen molar-refractivity contribution in [2.24, 2.45) is 5.41 Å². The number of likely N-dealkylation sites (N-methyl/N-ethyl adjacent to an activating group) is 1. The summed E-state index contributed by atoms with van der Waals surface area (Å²) in [6.07, 6.45) is -1.22. The molecule has 0 heterocycles. The minimum Gasteiger partial charge on any atom is -0.312 e. The Labute approximate surface area is 121 Å². The van der Waals surface area contributed by atoms with Gasteiger partial charge in [-0.15, -0.1) is 0 Å². The van der Waals surface area contributed by atoms with Gasteiger partial charge in [0.25, 0.3) is 0 Å². The summed E-state index contributed by atoms with van der Waals surface area (Å²) in [4.78, 5) is 1.63. The minimum absolute atomic E-state index is 0.0394. The quantitative estimate of drug-likeness (QED) is 0.829. The Morgan fingerprint density at radius 3 is 2.35 bits per heavy atom. The lowest BCUT2D eigenvalue weighted by atomic mass is 9.70. The van der Waals surface area contributed by atoms with Gasteiger partial charge in [0.15, 0.2) is 0 Å². The summed E-state index contributed by atoms with van der Waals surface area (Å²) in [7, 11) is 0. The number of rotatable bonds is 5. The highest BCUT2D eigenvalue weighted by Gasteiger charge is 2.44. The third-order valence-corrected chi connectivity index (χ3v) is 4.42. The lowest BCUT2D eigenvalue weighted by Crippen LogP contribution is -2.61. The molecule has 20 heavy (non-hydrogen) atoms. The van der Waals surface area contributed by atoms with Crippen molar-refractivity contribution >= 4 is 0 Å². The van der Waals surface area contributed by atoms with Crippen LogP contribution in [0.4, 0.5) is 13.2 Å². The third-order valence-electron chi connectivity index (χ3n) is 4.42. The van der Waals surface area contributed by atoms with Gasteiger partial charge in [0.2, 0.25) is 0 Å². The van der Waals surface area contributed by atoms with E-state index in [2.05, 4.69) is 19.2 Å². The molecular weight excluding hydrogens is 265 g/mol. The Morgan fingerprint density at radius 2 is 1.90 bits per heavy atom. The fraction of sp³-hybridized carbons (Fsp3) is 1.00. The Balaban J connectivity index is 2.96. The van der Waals surface area contributed by atoms with Crippen LogP contribution >= 0.6 is 0 Å². The zero-order chi connectivity index (χ0) is 15.6. The molecule has 1 fully saturated rings. The van der Waals surface area contributed by atoms with Crippen molar-refractivity contribution in [3.63, 3.8) is 0 Å². The van der Waals surface area contributed by atoms with Crippen molar-refractivity contribution in [1.82, 2.24) is 10.2 Å². The summed E-state index contributed by atoms with van der Waals surface area (Å²) in [6.45, 7) is 10.0. The van der Waals surface area contributed by atoms with E-state index in [1.54, 1.807) is 4.90 Å². The second kappa shape index (κ2) is 6.65. The summed E-state index contributed by atoms with van der Waals surface area (Å²) >= 11 is 0. The van der Waals surface area contributed by atoms with E-state index in [1.807, 2.05) is 20.8 Å². The first-order chi connectivity index (χ1) is 9.08. The van der Waals surface area contributed by atoms with E-state index in [9.17, 15) is 13.2 Å². The normalized spacial score (nSPS) is 27.3. The number of hydrogen-bond acceptors (Lipinski definition) is 2. The summed E-state index contributed by atoms with van der Waals surface area (Å²) < 4.78 is 38.6. The first kappa shape index (κ1) is 17.8. The van der Waals surface area contributed by atoms with Crippen LogP contribution in [0.3, 0.4) is 0 Å². The molecule has 2 atom stereocenters. The average molecular weight is 294 g/mol. The van der Waals surface area contributed by atoms with E-state index in [-0.39, 0.29) is 23.5 Å². The van der Waals surface area contributed by atoms with Gasteiger partial charge in [-0.05, 0) is 38.6 Å². The Morgan fingerprint density at radius 1 is 1.30 bits per heavy atom. The van der Waals surface area contributed by atoms with Crippen LogP contribution in [0.1, 0.15) is 53.9 Å².